The molecule has 3 N–H and O–H groups in total. The Bertz CT molecular complexity index is 797. The predicted octanol–water partition coefficient (Wildman–Crippen LogP) is 1.94. The molecule has 6 heteroatoms. The van der Waals surface area contributed by atoms with Crippen LogP contribution >= 0.6 is 0 Å². The molecule has 0 bridgehead atoms. The van der Waals surface area contributed by atoms with E-state index in [9.17, 15) is 9.59 Å². The van der Waals surface area contributed by atoms with Gasteiger partial charge in [-0.15, -0.1) is 0 Å². The van der Waals surface area contributed by atoms with Gasteiger partial charge in [0, 0.05) is 42.5 Å². The average Bonchev–Trinajstić information content (AvgIpc) is 2.67. The molecule has 138 valence electrons. The van der Waals surface area contributed by atoms with Gasteiger partial charge in [-0.05, 0) is 56.2 Å². The van der Waals surface area contributed by atoms with Crippen molar-refractivity contribution in [2.75, 3.05) is 13.1 Å². The minimum Gasteiger partial charge on any atom is -0.349 e. The number of hydrogen-bond donors (Lipinski definition) is 2. The lowest BCUT2D eigenvalue weighted by molar-refractivity contribution is -0.133. The maximum absolute atomic E-state index is 12.6. The number of fused-ring (bicyclic) bond motifs is 1. The zero-order valence-corrected chi connectivity index (χ0v) is 15.3. The van der Waals surface area contributed by atoms with Gasteiger partial charge in [-0.25, -0.2) is 0 Å². The Morgan fingerprint density at radius 1 is 1.19 bits per heavy atom. The van der Waals surface area contributed by atoms with E-state index >= 15 is 0 Å². The number of hydrogen-bond acceptors (Lipinski definition) is 4. The van der Waals surface area contributed by atoms with Gasteiger partial charge in [0.05, 0.1) is 6.04 Å². The van der Waals surface area contributed by atoms with E-state index in [1.807, 2.05) is 36.1 Å². The van der Waals surface area contributed by atoms with Gasteiger partial charge in [-0.3, -0.25) is 14.6 Å². The van der Waals surface area contributed by atoms with E-state index in [2.05, 4.69) is 10.3 Å². The van der Waals surface area contributed by atoms with Crippen LogP contribution in [-0.2, 0) is 4.79 Å². The fourth-order valence-corrected chi connectivity index (χ4v) is 3.54. The highest BCUT2D eigenvalue weighted by Crippen LogP contribution is 2.22. The van der Waals surface area contributed by atoms with E-state index in [4.69, 9.17) is 5.73 Å². The Kier molecular flexibility index (Phi) is 5.52. The summed E-state index contributed by atoms with van der Waals surface area (Å²) >= 11 is 0. The summed E-state index contributed by atoms with van der Waals surface area (Å²) in [6, 6.07) is 7.15. The highest BCUT2D eigenvalue weighted by atomic mass is 16.2. The lowest BCUT2D eigenvalue weighted by Crippen LogP contribution is -2.49. The molecule has 1 aromatic carbocycles. The van der Waals surface area contributed by atoms with Crippen molar-refractivity contribution in [1.29, 1.82) is 0 Å². The van der Waals surface area contributed by atoms with Crippen molar-refractivity contribution in [2.24, 2.45) is 11.7 Å². The normalized spacial score (nSPS) is 17.7. The number of nitrogens with one attached hydrogen (secondary N) is 1. The third-order valence-corrected chi connectivity index (χ3v) is 5.21. The number of nitrogens with two attached hydrogens (primary N) is 1. The minimum atomic E-state index is -0.452. The van der Waals surface area contributed by atoms with Gasteiger partial charge in [0.2, 0.25) is 5.91 Å². The SMILES string of the molecule is CC(NC(=O)c1ccc2cnccc2c1)C1CCN(C(=O)[C@H](C)N)CC1. The standard InChI is InChI=1S/C20H26N4O2/c1-13(21)20(26)24-9-6-15(7-10-24)14(2)23-19(25)17-3-4-18-12-22-8-5-16(18)11-17/h3-5,8,11-15H,6-7,9-10,21H2,1-2H3,(H,23,25)/t13-,14?/m0/s1. The van der Waals surface area contributed by atoms with Gasteiger partial charge >= 0.3 is 0 Å². The third kappa shape index (κ3) is 4.02. The van der Waals surface area contributed by atoms with Gasteiger partial charge < -0.3 is 16.0 Å². The Balaban J connectivity index is 1.58. The van der Waals surface area contributed by atoms with Crippen molar-refractivity contribution in [3.05, 3.63) is 42.2 Å². The Labute approximate surface area is 153 Å². The summed E-state index contributed by atoms with van der Waals surface area (Å²) in [5.74, 6) is 0.303. The number of aromatic nitrogens is 1. The Morgan fingerprint density at radius 2 is 1.92 bits per heavy atom. The second kappa shape index (κ2) is 7.83. The summed E-state index contributed by atoms with van der Waals surface area (Å²) in [4.78, 5) is 30.5. The maximum Gasteiger partial charge on any atom is 0.251 e. The fourth-order valence-electron chi connectivity index (χ4n) is 3.54. The van der Waals surface area contributed by atoms with Crippen LogP contribution in [0.4, 0.5) is 0 Å². The summed E-state index contributed by atoms with van der Waals surface area (Å²) in [5, 5.41) is 5.13. The monoisotopic (exact) mass is 354 g/mol. The van der Waals surface area contributed by atoms with E-state index in [0.29, 0.717) is 24.6 Å². The van der Waals surface area contributed by atoms with Gasteiger partial charge in [0.25, 0.3) is 5.91 Å². The topological polar surface area (TPSA) is 88.3 Å². The summed E-state index contributed by atoms with van der Waals surface area (Å²) in [6.45, 7) is 5.16. The summed E-state index contributed by atoms with van der Waals surface area (Å²) in [6.07, 6.45) is 5.27. The molecule has 1 aliphatic heterocycles. The van der Waals surface area contributed by atoms with E-state index in [1.165, 1.54) is 0 Å². The first kappa shape index (κ1) is 18.3. The average molecular weight is 354 g/mol. The number of pyridine rings is 1. The van der Waals surface area contributed by atoms with Crippen LogP contribution in [0, 0.1) is 5.92 Å². The molecule has 0 radical (unpaired) electrons. The molecule has 2 amide bonds. The van der Waals surface area contributed by atoms with Crippen molar-refractivity contribution in [1.82, 2.24) is 15.2 Å². The first-order chi connectivity index (χ1) is 12.5. The van der Waals surface area contributed by atoms with Gasteiger partial charge in [0.1, 0.15) is 0 Å². The largest absolute Gasteiger partial charge is 0.349 e. The quantitative estimate of drug-likeness (QED) is 0.878. The molecule has 2 atom stereocenters. The van der Waals surface area contributed by atoms with E-state index in [0.717, 1.165) is 23.6 Å². The van der Waals surface area contributed by atoms with Crippen molar-refractivity contribution in [3.63, 3.8) is 0 Å². The molecule has 1 aliphatic rings. The van der Waals surface area contributed by atoms with Crippen molar-refractivity contribution in [2.45, 2.75) is 38.8 Å². The van der Waals surface area contributed by atoms with E-state index < -0.39 is 6.04 Å². The number of likely N-dealkylation sites (tertiary alicyclic amines) is 1. The van der Waals surface area contributed by atoms with Gasteiger partial charge in [-0.1, -0.05) is 6.07 Å². The van der Waals surface area contributed by atoms with Crippen LogP contribution in [0.15, 0.2) is 36.7 Å². The molecule has 1 saturated heterocycles. The predicted molar refractivity (Wildman–Crippen MR) is 102 cm³/mol. The lowest BCUT2D eigenvalue weighted by atomic mass is 9.90. The fraction of sp³-hybridized carbons (Fsp3) is 0.450. The van der Waals surface area contributed by atoms with Crippen molar-refractivity contribution < 1.29 is 9.59 Å². The summed E-state index contributed by atoms with van der Waals surface area (Å²) in [7, 11) is 0. The molecule has 2 heterocycles. The minimum absolute atomic E-state index is 0.00536. The second-order valence-electron chi connectivity index (χ2n) is 7.15. The van der Waals surface area contributed by atoms with Gasteiger partial charge in [0.15, 0.2) is 0 Å². The van der Waals surface area contributed by atoms with Crippen LogP contribution in [0.1, 0.15) is 37.0 Å². The molecule has 0 saturated carbocycles. The lowest BCUT2D eigenvalue weighted by Gasteiger charge is -2.35. The number of amides is 2. The first-order valence-electron chi connectivity index (χ1n) is 9.14. The molecule has 2 aromatic rings. The van der Waals surface area contributed by atoms with E-state index in [1.54, 1.807) is 19.3 Å². The molecule has 0 spiro atoms. The van der Waals surface area contributed by atoms with E-state index in [-0.39, 0.29) is 17.9 Å². The van der Waals surface area contributed by atoms with Crippen molar-refractivity contribution in [3.8, 4) is 0 Å². The number of rotatable bonds is 4. The number of nitrogens with zero attached hydrogens (tertiary/aromatic N) is 2. The Morgan fingerprint density at radius 3 is 2.62 bits per heavy atom. The zero-order valence-electron chi connectivity index (χ0n) is 15.3. The van der Waals surface area contributed by atoms with Crippen LogP contribution in [-0.4, -0.2) is 46.9 Å². The molecule has 1 fully saturated rings. The third-order valence-electron chi connectivity index (χ3n) is 5.21. The molecule has 3 rings (SSSR count). The smallest absolute Gasteiger partial charge is 0.251 e. The number of carbonyl (C=O) groups excluding carboxylic acids is 2. The molecular formula is C20H26N4O2. The van der Waals surface area contributed by atoms with Crippen LogP contribution in [0.25, 0.3) is 10.8 Å². The number of carbonyl (C=O) groups is 2. The van der Waals surface area contributed by atoms with Crippen LogP contribution in [0.3, 0.4) is 0 Å². The van der Waals surface area contributed by atoms with Gasteiger partial charge in [-0.2, -0.15) is 0 Å². The molecule has 6 nitrogen and oxygen atoms in total. The summed E-state index contributed by atoms with van der Waals surface area (Å²) in [5.41, 5.74) is 6.33. The molecule has 26 heavy (non-hydrogen) atoms. The Hall–Kier alpha value is -2.47. The van der Waals surface area contributed by atoms with Crippen LogP contribution < -0.4 is 11.1 Å². The second-order valence-corrected chi connectivity index (χ2v) is 7.15. The van der Waals surface area contributed by atoms with Crippen LogP contribution in [0.2, 0.25) is 0 Å². The summed E-state index contributed by atoms with van der Waals surface area (Å²) < 4.78 is 0. The zero-order chi connectivity index (χ0) is 18.7. The highest BCUT2D eigenvalue weighted by molar-refractivity contribution is 5.98. The molecular weight excluding hydrogens is 328 g/mol. The maximum atomic E-state index is 12.6. The molecule has 0 aliphatic carbocycles. The number of benzene rings is 1. The first-order valence-corrected chi connectivity index (χ1v) is 9.14. The van der Waals surface area contributed by atoms with Crippen LogP contribution in [0.5, 0.6) is 0 Å². The highest BCUT2D eigenvalue weighted by Gasteiger charge is 2.28. The molecule has 1 aromatic heterocycles. The van der Waals surface area contributed by atoms with Crippen molar-refractivity contribution >= 4 is 22.6 Å². The molecule has 1 unspecified atom stereocenters. The number of piperidine rings is 1.